The molecule has 0 aromatic heterocycles. The largest absolute Gasteiger partial charge is 0.468 e. The molecular weight excluding hydrogens is 246 g/mol. The van der Waals surface area contributed by atoms with Crippen LogP contribution in [0.2, 0.25) is 0 Å². The van der Waals surface area contributed by atoms with Crippen molar-refractivity contribution in [3.63, 3.8) is 0 Å². The highest BCUT2D eigenvalue weighted by Gasteiger charge is 2.18. The Morgan fingerprint density at radius 3 is 1.95 bits per heavy atom. The Hall–Kier alpha value is -1.10. The maximum atomic E-state index is 11.4. The van der Waals surface area contributed by atoms with Crippen molar-refractivity contribution in [3.05, 3.63) is 0 Å². The fraction of sp³-hybridized carbons (Fsp3) is 0.857. The molecule has 0 aromatic carbocycles. The summed E-state index contributed by atoms with van der Waals surface area (Å²) in [6.45, 7) is 5.28. The van der Waals surface area contributed by atoms with Gasteiger partial charge in [0.2, 0.25) is 0 Å². The summed E-state index contributed by atoms with van der Waals surface area (Å²) >= 11 is 0. The summed E-state index contributed by atoms with van der Waals surface area (Å²) in [7, 11) is 2.71. The van der Waals surface area contributed by atoms with Crippen molar-refractivity contribution in [3.8, 4) is 0 Å². The molecule has 112 valence electrons. The molecule has 0 saturated heterocycles. The molecule has 0 aliphatic rings. The number of ether oxygens (including phenoxy) is 2. The molecule has 19 heavy (non-hydrogen) atoms. The van der Waals surface area contributed by atoms with E-state index in [0.717, 1.165) is 25.8 Å². The first kappa shape index (κ1) is 17.9. The molecule has 0 aliphatic heterocycles. The van der Waals surface area contributed by atoms with Crippen LogP contribution >= 0.6 is 0 Å². The van der Waals surface area contributed by atoms with Crippen molar-refractivity contribution < 1.29 is 19.1 Å². The molecule has 5 heteroatoms. The van der Waals surface area contributed by atoms with E-state index in [1.807, 2.05) is 4.90 Å². The first-order valence-corrected chi connectivity index (χ1v) is 6.93. The van der Waals surface area contributed by atoms with Gasteiger partial charge in [0.25, 0.3) is 0 Å². The molecular formula is C14H27NO4. The van der Waals surface area contributed by atoms with Gasteiger partial charge in [-0.25, -0.2) is 0 Å². The zero-order valence-corrected chi connectivity index (χ0v) is 12.6. The van der Waals surface area contributed by atoms with Gasteiger partial charge in [0, 0.05) is 6.54 Å². The molecule has 0 spiro atoms. The minimum Gasteiger partial charge on any atom is -0.468 e. The molecule has 1 atom stereocenters. The molecule has 0 aromatic rings. The van der Waals surface area contributed by atoms with Crippen molar-refractivity contribution in [2.45, 2.75) is 39.5 Å². The zero-order valence-electron chi connectivity index (χ0n) is 12.6. The normalized spacial score (nSPS) is 12.3. The lowest BCUT2D eigenvalue weighted by molar-refractivity contribution is -0.145. The van der Waals surface area contributed by atoms with Gasteiger partial charge in [-0.15, -0.1) is 0 Å². The van der Waals surface area contributed by atoms with Crippen LogP contribution in [0.4, 0.5) is 0 Å². The molecule has 5 nitrogen and oxygen atoms in total. The molecule has 0 aliphatic carbocycles. The number of carbonyl (C=O) groups is 2. The van der Waals surface area contributed by atoms with E-state index in [4.69, 9.17) is 0 Å². The Morgan fingerprint density at radius 1 is 1.05 bits per heavy atom. The van der Waals surface area contributed by atoms with Gasteiger partial charge in [0.1, 0.15) is 0 Å². The van der Waals surface area contributed by atoms with Crippen molar-refractivity contribution in [1.82, 2.24) is 4.90 Å². The van der Waals surface area contributed by atoms with Gasteiger partial charge in [-0.05, 0) is 12.3 Å². The monoisotopic (exact) mass is 273 g/mol. The van der Waals surface area contributed by atoms with Gasteiger partial charge in [-0.2, -0.15) is 0 Å². The number of unbranched alkanes of at least 4 members (excludes halogenated alkanes) is 1. The third-order valence-electron chi connectivity index (χ3n) is 3.22. The highest BCUT2D eigenvalue weighted by Crippen LogP contribution is 2.14. The second kappa shape index (κ2) is 10.8. The highest BCUT2D eigenvalue weighted by molar-refractivity contribution is 5.74. The second-order valence-corrected chi connectivity index (χ2v) is 4.74. The summed E-state index contributed by atoms with van der Waals surface area (Å²) in [5.74, 6) is -0.155. The Balaban J connectivity index is 4.43. The van der Waals surface area contributed by atoms with Crippen molar-refractivity contribution in [2.75, 3.05) is 33.9 Å². The number of esters is 2. The maximum Gasteiger partial charge on any atom is 0.319 e. The molecule has 1 unspecified atom stereocenters. The lowest BCUT2D eigenvalue weighted by Crippen LogP contribution is -2.38. The van der Waals surface area contributed by atoms with Crippen LogP contribution < -0.4 is 0 Å². The standard InChI is InChI=1S/C14H27NO4/c1-5-7-8-12(6-2)9-15(10-13(16)18-3)11-14(17)19-4/h12H,5-11H2,1-4H3. The lowest BCUT2D eigenvalue weighted by atomic mass is 9.98. The summed E-state index contributed by atoms with van der Waals surface area (Å²) < 4.78 is 9.32. The smallest absolute Gasteiger partial charge is 0.319 e. The first-order valence-electron chi connectivity index (χ1n) is 6.93. The minimum absolute atomic E-state index is 0.133. The van der Waals surface area contributed by atoms with Crippen LogP contribution in [0.5, 0.6) is 0 Å². The Labute approximate surface area is 116 Å². The van der Waals surface area contributed by atoms with E-state index in [0.29, 0.717) is 5.92 Å². The van der Waals surface area contributed by atoms with E-state index < -0.39 is 0 Å². The molecule has 0 radical (unpaired) electrons. The third kappa shape index (κ3) is 8.59. The van der Waals surface area contributed by atoms with Crippen LogP contribution in [-0.2, 0) is 19.1 Å². The van der Waals surface area contributed by atoms with E-state index >= 15 is 0 Å². The Morgan fingerprint density at radius 2 is 1.58 bits per heavy atom. The van der Waals surface area contributed by atoms with Crippen LogP contribution in [0.15, 0.2) is 0 Å². The maximum absolute atomic E-state index is 11.4. The van der Waals surface area contributed by atoms with E-state index in [9.17, 15) is 9.59 Å². The Kier molecular flexibility index (Phi) is 10.2. The number of hydrogen-bond acceptors (Lipinski definition) is 5. The van der Waals surface area contributed by atoms with Gasteiger partial charge in [-0.1, -0.05) is 33.1 Å². The van der Waals surface area contributed by atoms with Crippen LogP contribution in [0.25, 0.3) is 0 Å². The predicted octanol–water partition coefficient (Wildman–Crippen LogP) is 1.85. The summed E-state index contributed by atoms with van der Waals surface area (Å²) in [5.41, 5.74) is 0. The average molecular weight is 273 g/mol. The topological polar surface area (TPSA) is 55.8 Å². The minimum atomic E-state index is -0.325. The number of hydrogen-bond donors (Lipinski definition) is 0. The van der Waals surface area contributed by atoms with Crippen LogP contribution in [-0.4, -0.2) is 50.7 Å². The molecule has 0 N–H and O–H groups in total. The second-order valence-electron chi connectivity index (χ2n) is 4.74. The lowest BCUT2D eigenvalue weighted by Gasteiger charge is -2.25. The molecule has 0 amide bonds. The quantitative estimate of drug-likeness (QED) is 0.569. The fourth-order valence-corrected chi connectivity index (χ4v) is 1.96. The molecule has 0 bridgehead atoms. The molecule has 0 fully saturated rings. The molecule has 0 saturated carbocycles. The first-order chi connectivity index (χ1) is 9.07. The highest BCUT2D eigenvalue weighted by atomic mass is 16.5. The predicted molar refractivity (Wildman–Crippen MR) is 73.8 cm³/mol. The van der Waals surface area contributed by atoms with Crippen LogP contribution in [0.1, 0.15) is 39.5 Å². The van der Waals surface area contributed by atoms with Gasteiger partial charge >= 0.3 is 11.9 Å². The van der Waals surface area contributed by atoms with Crippen molar-refractivity contribution >= 4 is 11.9 Å². The molecule has 0 heterocycles. The van der Waals surface area contributed by atoms with Gasteiger partial charge in [0.05, 0.1) is 27.3 Å². The van der Waals surface area contributed by atoms with Gasteiger partial charge in [-0.3, -0.25) is 14.5 Å². The molecule has 0 rings (SSSR count). The summed E-state index contributed by atoms with van der Waals surface area (Å²) in [4.78, 5) is 24.5. The van der Waals surface area contributed by atoms with E-state index in [2.05, 4.69) is 23.3 Å². The average Bonchev–Trinajstić information content (AvgIpc) is 2.42. The van der Waals surface area contributed by atoms with E-state index in [1.165, 1.54) is 20.6 Å². The van der Waals surface area contributed by atoms with Gasteiger partial charge in [0.15, 0.2) is 0 Å². The number of rotatable bonds is 10. The number of methoxy groups -OCH3 is 2. The van der Waals surface area contributed by atoms with Crippen LogP contribution in [0, 0.1) is 5.92 Å². The Bertz CT molecular complexity index is 250. The van der Waals surface area contributed by atoms with E-state index in [1.54, 1.807) is 0 Å². The van der Waals surface area contributed by atoms with Crippen molar-refractivity contribution in [2.24, 2.45) is 5.92 Å². The SMILES string of the molecule is CCCCC(CC)CN(CC(=O)OC)CC(=O)OC. The van der Waals surface area contributed by atoms with Crippen molar-refractivity contribution in [1.29, 1.82) is 0 Å². The third-order valence-corrected chi connectivity index (χ3v) is 3.22. The number of carbonyl (C=O) groups excluding carboxylic acids is 2. The van der Waals surface area contributed by atoms with Crippen LogP contribution in [0.3, 0.4) is 0 Å². The summed E-state index contributed by atoms with van der Waals surface area (Å²) in [5, 5.41) is 0. The number of nitrogens with zero attached hydrogens (tertiary/aromatic N) is 1. The zero-order chi connectivity index (χ0) is 14.7. The van der Waals surface area contributed by atoms with E-state index in [-0.39, 0.29) is 25.0 Å². The summed E-state index contributed by atoms with van der Waals surface area (Å²) in [6, 6.07) is 0. The van der Waals surface area contributed by atoms with Gasteiger partial charge < -0.3 is 9.47 Å². The summed E-state index contributed by atoms with van der Waals surface area (Å²) in [6.07, 6.45) is 4.48. The fourth-order valence-electron chi connectivity index (χ4n) is 1.96.